The van der Waals surface area contributed by atoms with E-state index in [1.165, 1.54) is 0 Å². The van der Waals surface area contributed by atoms with Crippen LogP contribution in [0.5, 0.6) is 11.5 Å². The van der Waals surface area contributed by atoms with Crippen LogP contribution in [0.25, 0.3) is 0 Å². The van der Waals surface area contributed by atoms with E-state index in [4.69, 9.17) is 9.47 Å². The minimum Gasteiger partial charge on any atom is -0.494 e. The molecule has 1 fully saturated rings. The normalized spacial score (nSPS) is 15.2. The lowest BCUT2D eigenvalue weighted by Crippen LogP contribution is -2.50. The highest BCUT2D eigenvalue weighted by Crippen LogP contribution is 2.48. The summed E-state index contributed by atoms with van der Waals surface area (Å²) in [6.45, 7) is 4.12. The van der Waals surface area contributed by atoms with Crippen molar-refractivity contribution in [1.82, 2.24) is 10.9 Å². The van der Waals surface area contributed by atoms with E-state index in [1.807, 2.05) is 31.2 Å². The molecule has 2 amide bonds. The van der Waals surface area contributed by atoms with Crippen molar-refractivity contribution in [2.24, 2.45) is 0 Å². The molecule has 1 aliphatic rings. The summed E-state index contributed by atoms with van der Waals surface area (Å²) in [4.78, 5) is 24.9. The quantitative estimate of drug-likeness (QED) is 0.638. The van der Waals surface area contributed by atoms with Crippen molar-refractivity contribution in [3.8, 4) is 11.5 Å². The molecule has 0 bridgehead atoms. The molecule has 3 rings (SSSR count). The topological polar surface area (TPSA) is 76.7 Å². The van der Waals surface area contributed by atoms with Crippen molar-refractivity contribution in [3.05, 3.63) is 58.6 Å². The fourth-order valence-electron chi connectivity index (χ4n) is 2.94. The van der Waals surface area contributed by atoms with Crippen LogP contribution in [0.2, 0.25) is 0 Å². The third kappa shape index (κ3) is 4.65. The van der Waals surface area contributed by atoms with Crippen LogP contribution in [0, 0.1) is 0 Å². The Balaban J connectivity index is 1.52. The van der Waals surface area contributed by atoms with Gasteiger partial charge in [0.15, 0.2) is 6.10 Å². The summed E-state index contributed by atoms with van der Waals surface area (Å²) >= 11 is 3.43. The summed E-state index contributed by atoms with van der Waals surface area (Å²) in [5.74, 6) is 0.645. The first-order valence-electron chi connectivity index (χ1n) is 9.20. The van der Waals surface area contributed by atoms with Crippen molar-refractivity contribution >= 4 is 27.7 Å². The van der Waals surface area contributed by atoms with E-state index < -0.39 is 17.4 Å². The second-order valence-electron chi connectivity index (χ2n) is 6.70. The number of nitrogens with one attached hydrogen (secondary N) is 2. The lowest BCUT2D eigenvalue weighted by Gasteiger charge is -2.19. The SMILES string of the molecule is CCOc1ccc(OC(C)C(=O)NNC(=O)C2(c3cccc(Br)c3)CC2)cc1. The Kier molecular flexibility index (Phi) is 6.24. The number of hydrogen-bond acceptors (Lipinski definition) is 4. The number of rotatable bonds is 7. The van der Waals surface area contributed by atoms with Crippen LogP contribution < -0.4 is 20.3 Å². The first kappa shape index (κ1) is 20.2. The molecule has 0 aliphatic heterocycles. The number of hydrogen-bond donors (Lipinski definition) is 2. The van der Waals surface area contributed by atoms with Crippen LogP contribution in [-0.4, -0.2) is 24.5 Å². The summed E-state index contributed by atoms with van der Waals surface area (Å²) in [6.07, 6.45) is 0.742. The predicted molar refractivity (Wildman–Crippen MR) is 109 cm³/mol. The van der Waals surface area contributed by atoms with Gasteiger partial charge < -0.3 is 9.47 Å². The summed E-state index contributed by atoms with van der Waals surface area (Å²) in [6, 6.07) is 14.7. The first-order chi connectivity index (χ1) is 13.4. The maximum atomic E-state index is 12.6. The third-order valence-electron chi connectivity index (χ3n) is 4.68. The molecular weight excluding hydrogens is 424 g/mol. The van der Waals surface area contributed by atoms with E-state index >= 15 is 0 Å². The lowest BCUT2D eigenvalue weighted by molar-refractivity contribution is -0.133. The molecule has 0 aromatic heterocycles. The molecule has 6 nitrogen and oxygen atoms in total. The second kappa shape index (κ2) is 8.65. The second-order valence-corrected chi connectivity index (χ2v) is 7.62. The fraction of sp³-hybridized carbons (Fsp3) is 0.333. The Morgan fingerprint density at radius 3 is 2.39 bits per heavy atom. The van der Waals surface area contributed by atoms with Gasteiger partial charge in [0.2, 0.25) is 5.91 Å². The van der Waals surface area contributed by atoms with Crippen LogP contribution in [0.4, 0.5) is 0 Å². The standard InChI is InChI=1S/C21H23BrN2O4/c1-3-27-17-7-9-18(10-8-17)28-14(2)19(25)23-24-20(26)21(11-12-21)15-5-4-6-16(22)13-15/h4-10,13-14H,3,11-12H2,1-2H3,(H,23,25)(H,24,26). The number of ether oxygens (including phenoxy) is 2. The minimum atomic E-state index is -0.765. The Hall–Kier alpha value is -2.54. The molecule has 1 saturated carbocycles. The zero-order valence-corrected chi connectivity index (χ0v) is 17.4. The number of halogens is 1. The highest BCUT2D eigenvalue weighted by molar-refractivity contribution is 9.10. The number of amides is 2. The molecule has 7 heteroatoms. The average molecular weight is 447 g/mol. The Morgan fingerprint density at radius 2 is 1.79 bits per heavy atom. The smallest absolute Gasteiger partial charge is 0.279 e. The first-order valence-corrected chi connectivity index (χ1v) is 10.00. The average Bonchev–Trinajstić information content (AvgIpc) is 3.49. The molecule has 2 aromatic carbocycles. The number of benzene rings is 2. The summed E-state index contributed by atoms with van der Waals surface area (Å²) < 4.78 is 11.9. The zero-order chi connectivity index (χ0) is 20.1. The van der Waals surface area contributed by atoms with Crippen molar-refractivity contribution in [1.29, 1.82) is 0 Å². The highest BCUT2D eigenvalue weighted by Gasteiger charge is 2.51. The molecule has 28 heavy (non-hydrogen) atoms. The molecule has 1 unspecified atom stereocenters. The lowest BCUT2D eigenvalue weighted by atomic mass is 9.95. The number of carbonyl (C=O) groups excluding carboxylic acids is 2. The van der Waals surface area contributed by atoms with Gasteiger partial charge in [0, 0.05) is 4.47 Å². The van der Waals surface area contributed by atoms with Crippen LogP contribution in [-0.2, 0) is 15.0 Å². The number of hydrazine groups is 1. The molecular formula is C21H23BrN2O4. The van der Waals surface area contributed by atoms with Gasteiger partial charge in [0.1, 0.15) is 11.5 Å². The molecule has 0 radical (unpaired) electrons. The number of carbonyl (C=O) groups is 2. The summed E-state index contributed by atoms with van der Waals surface area (Å²) in [7, 11) is 0. The molecule has 0 saturated heterocycles. The van der Waals surface area contributed by atoms with Gasteiger partial charge in [-0.2, -0.15) is 0 Å². The van der Waals surface area contributed by atoms with Crippen molar-refractivity contribution < 1.29 is 19.1 Å². The molecule has 2 aromatic rings. The van der Waals surface area contributed by atoms with Gasteiger partial charge in [-0.05, 0) is 68.7 Å². The summed E-state index contributed by atoms with van der Waals surface area (Å²) in [5.41, 5.74) is 5.37. The maximum Gasteiger partial charge on any atom is 0.279 e. The van der Waals surface area contributed by atoms with Crippen molar-refractivity contribution in [2.45, 2.75) is 38.2 Å². The predicted octanol–water partition coefficient (Wildman–Crippen LogP) is 3.49. The van der Waals surface area contributed by atoms with Crippen LogP contribution >= 0.6 is 15.9 Å². The minimum absolute atomic E-state index is 0.216. The molecule has 1 aliphatic carbocycles. The molecule has 0 spiro atoms. The van der Waals surface area contributed by atoms with Crippen LogP contribution in [0.1, 0.15) is 32.3 Å². The van der Waals surface area contributed by atoms with Crippen molar-refractivity contribution in [2.75, 3.05) is 6.61 Å². The van der Waals surface area contributed by atoms with Crippen LogP contribution in [0.3, 0.4) is 0 Å². The highest BCUT2D eigenvalue weighted by atomic mass is 79.9. The van der Waals surface area contributed by atoms with E-state index in [0.29, 0.717) is 12.4 Å². The maximum absolute atomic E-state index is 12.6. The van der Waals surface area contributed by atoms with Crippen molar-refractivity contribution in [3.63, 3.8) is 0 Å². The van der Waals surface area contributed by atoms with Crippen LogP contribution in [0.15, 0.2) is 53.0 Å². The Labute approximate surface area is 172 Å². The molecule has 0 heterocycles. The van der Waals surface area contributed by atoms with Gasteiger partial charge in [0.05, 0.1) is 12.0 Å². The van der Waals surface area contributed by atoms with Gasteiger partial charge in [0.25, 0.3) is 5.91 Å². The Morgan fingerprint density at radius 1 is 1.11 bits per heavy atom. The van der Waals surface area contributed by atoms with Gasteiger partial charge in [-0.3, -0.25) is 20.4 Å². The zero-order valence-electron chi connectivity index (χ0n) is 15.8. The molecule has 148 valence electrons. The van der Waals surface area contributed by atoms with E-state index in [-0.39, 0.29) is 5.91 Å². The van der Waals surface area contributed by atoms with E-state index in [9.17, 15) is 9.59 Å². The molecule has 1 atom stereocenters. The van der Waals surface area contributed by atoms with Gasteiger partial charge in [-0.1, -0.05) is 28.1 Å². The van der Waals surface area contributed by atoms with Gasteiger partial charge in [-0.15, -0.1) is 0 Å². The fourth-order valence-corrected chi connectivity index (χ4v) is 3.34. The van der Waals surface area contributed by atoms with Gasteiger partial charge in [-0.25, -0.2) is 0 Å². The molecule has 2 N–H and O–H groups in total. The van der Waals surface area contributed by atoms with E-state index in [2.05, 4.69) is 26.8 Å². The summed E-state index contributed by atoms with van der Waals surface area (Å²) in [5, 5.41) is 0. The van der Waals surface area contributed by atoms with E-state index in [0.717, 1.165) is 28.6 Å². The third-order valence-corrected chi connectivity index (χ3v) is 5.17. The van der Waals surface area contributed by atoms with E-state index in [1.54, 1.807) is 31.2 Å². The monoisotopic (exact) mass is 446 g/mol. The van der Waals surface area contributed by atoms with Gasteiger partial charge >= 0.3 is 0 Å². The largest absolute Gasteiger partial charge is 0.494 e. The Bertz CT molecular complexity index is 850.